The molecule has 0 aliphatic heterocycles. The molecule has 1 aromatic rings. The van der Waals surface area contributed by atoms with Crippen molar-refractivity contribution in [2.24, 2.45) is 5.92 Å². The molecule has 1 rings (SSSR count). The molecule has 0 amide bonds. The topological polar surface area (TPSA) is 41.5 Å². The van der Waals surface area contributed by atoms with Crippen molar-refractivity contribution in [2.45, 2.75) is 39.5 Å². The molecule has 0 aliphatic rings. The number of hydrogen-bond donors (Lipinski definition) is 2. The molecule has 108 valence electrons. The number of alkyl halides is 2. The third-order valence-corrected chi connectivity index (χ3v) is 2.86. The normalized spacial score (nSPS) is 13.0. The van der Waals surface area contributed by atoms with E-state index in [0.717, 1.165) is 5.56 Å². The Balaban J connectivity index is 2.26. The predicted molar refractivity (Wildman–Crippen MR) is 70.2 cm³/mol. The summed E-state index contributed by atoms with van der Waals surface area (Å²) in [5.41, 5.74) is 0.987. The van der Waals surface area contributed by atoms with E-state index in [1.165, 1.54) is 12.1 Å². The fraction of sp³-hybridized carbons (Fsp3) is 0.571. The second kappa shape index (κ2) is 8.07. The van der Waals surface area contributed by atoms with Gasteiger partial charge < -0.3 is 15.2 Å². The van der Waals surface area contributed by atoms with Crippen molar-refractivity contribution in [3.05, 3.63) is 29.8 Å². The molecule has 0 aliphatic carbocycles. The first-order chi connectivity index (χ1) is 8.99. The maximum absolute atomic E-state index is 12.0. The summed E-state index contributed by atoms with van der Waals surface area (Å²) >= 11 is 0. The van der Waals surface area contributed by atoms with Gasteiger partial charge >= 0.3 is 6.61 Å². The monoisotopic (exact) mass is 273 g/mol. The van der Waals surface area contributed by atoms with Crippen LogP contribution in [0.25, 0.3) is 0 Å². The molecule has 0 saturated carbocycles. The van der Waals surface area contributed by atoms with Gasteiger partial charge in [0.25, 0.3) is 0 Å². The molecule has 3 nitrogen and oxygen atoms in total. The number of aliphatic hydroxyl groups is 1. The molecule has 5 heteroatoms. The molecule has 0 fully saturated rings. The maximum atomic E-state index is 12.0. The van der Waals surface area contributed by atoms with E-state index >= 15 is 0 Å². The van der Waals surface area contributed by atoms with Crippen LogP contribution in [-0.4, -0.2) is 24.4 Å². The average molecular weight is 273 g/mol. The van der Waals surface area contributed by atoms with E-state index in [9.17, 15) is 13.9 Å². The van der Waals surface area contributed by atoms with Gasteiger partial charge in [-0.25, -0.2) is 0 Å². The minimum Gasteiger partial charge on any atom is -0.435 e. The lowest BCUT2D eigenvalue weighted by Crippen LogP contribution is -2.23. The quantitative estimate of drug-likeness (QED) is 0.716. The number of ether oxygens (including phenoxy) is 1. The summed E-state index contributed by atoms with van der Waals surface area (Å²) in [6.07, 6.45) is 0.402. The lowest BCUT2D eigenvalue weighted by atomic mass is 10.0. The van der Waals surface area contributed by atoms with Gasteiger partial charge in [0.05, 0.1) is 6.10 Å². The fourth-order valence-corrected chi connectivity index (χ4v) is 1.60. The van der Waals surface area contributed by atoms with E-state index in [4.69, 9.17) is 0 Å². The van der Waals surface area contributed by atoms with Crippen molar-refractivity contribution in [2.75, 3.05) is 6.54 Å². The van der Waals surface area contributed by atoms with Gasteiger partial charge in [-0.1, -0.05) is 26.0 Å². The smallest absolute Gasteiger partial charge is 0.387 e. The Labute approximate surface area is 112 Å². The van der Waals surface area contributed by atoms with E-state index in [1.54, 1.807) is 12.1 Å². The summed E-state index contributed by atoms with van der Waals surface area (Å²) in [6, 6.07) is 6.52. The number of nitrogens with one attached hydrogen (secondary N) is 1. The molecule has 0 bridgehead atoms. The van der Waals surface area contributed by atoms with Crippen LogP contribution in [0.5, 0.6) is 5.75 Å². The van der Waals surface area contributed by atoms with Crippen molar-refractivity contribution < 1.29 is 18.6 Å². The number of benzene rings is 1. The Morgan fingerprint density at radius 1 is 1.21 bits per heavy atom. The lowest BCUT2D eigenvalue weighted by molar-refractivity contribution is -0.0498. The van der Waals surface area contributed by atoms with Gasteiger partial charge in [0.15, 0.2) is 0 Å². The van der Waals surface area contributed by atoms with E-state index in [1.807, 2.05) is 13.8 Å². The average Bonchev–Trinajstić information content (AvgIpc) is 2.35. The highest BCUT2D eigenvalue weighted by Gasteiger charge is 2.08. The van der Waals surface area contributed by atoms with Gasteiger partial charge in [-0.3, -0.25) is 0 Å². The van der Waals surface area contributed by atoms with Crippen molar-refractivity contribution in [3.63, 3.8) is 0 Å². The van der Waals surface area contributed by atoms with E-state index in [0.29, 0.717) is 19.5 Å². The molecule has 2 N–H and O–H groups in total. The number of aliphatic hydroxyl groups excluding tert-OH is 1. The van der Waals surface area contributed by atoms with Gasteiger partial charge in [-0.15, -0.1) is 0 Å². The van der Waals surface area contributed by atoms with Crippen LogP contribution in [0, 0.1) is 5.92 Å². The van der Waals surface area contributed by atoms with Crippen molar-refractivity contribution in [1.82, 2.24) is 5.32 Å². The van der Waals surface area contributed by atoms with Crippen LogP contribution in [0.2, 0.25) is 0 Å². The predicted octanol–water partition coefficient (Wildman–Crippen LogP) is 2.78. The van der Waals surface area contributed by atoms with Gasteiger partial charge in [0.1, 0.15) is 5.75 Å². The van der Waals surface area contributed by atoms with Crippen LogP contribution in [0.1, 0.15) is 25.8 Å². The summed E-state index contributed by atoms with van der Waals surface area (Å²) in [7, 11) is 0. The van der Waals surface area contributed by atoms with Crippen LogP contribution in [-0.2, 0) is 6.54 Å². The summed E-state index contributed by atoms with van der Waals surface area (Å²) in [5.74, 6) is 0.418. The molecule has 0 spiro atoms. The molecule has 1 aromatic carbocycles. The number of rotatable bonds is 8. The zero-order valence-corrected chi connectivity index (χ0v) is 11.3. The van der Waals surface area contributed by atoms with E-state index in [2.05, 4.69) is 10.1 Å². The van der Waals surface area contributed by atoms with Crippen molar-refractivity contribution in [3.8, 4) is 5.75 Å². The Morgan fingerprint density at radius 2 is 1.84 bits per heavy atom. The minimum atomic E-state index is -2.79. The van der Waals surface area contributed by atoms with Crippen molar-refractivity contribution >= 4 is 0 Å². The first kappa shape index (κ1) is 15.9. The number of hydrogen-bond acceptors (Lipinski definition) is 3. The maximum Gasteiger partial charge on any atom is 0.387 e. The minimum absolute atomic E-state index is 0.161. The third kappa shape index (κ3) is 6.50. The first-order valence-electron chi connectivity index (χ1n) is 6.41. The van der Waals surface area contributed by atoms with Crippen LogP contribution >= 0.6 is 0 Å². The second-order valence-electron chi connectivity index (χ2n) is 4.80. The molecule has 0 saturated heterocycles. The second-order valence-corrected chi connectivity index (χ2v) is 4.80. The Bertz CT molecular complexity index is 355. The highest BCUT2D eigenvalue weighted by atomic mass is 19.3. The number of halogens is 2. The summed E-state index contributed by atoms with van der Waals surface area (Å²) in [4.78, 5) is 0. The third-order valence-electron chi connectivity index (χ3n) is 2.86. The van der Waals surface area contributed by atoms with Gasteiger partial charge in [0.2, 0.25) is 0 Å². The summed E-state index contributed by atoms with van der Waals surface area (Å²) < 4.78 is 28.2. The first-order valence-corrected chi connectivity index (χ1v) is 6.41. The van der Waals surface area contributed by atoms with Gasteiger partial charge in [0, 0.05) is 6.54 Å². The Kier molecular flexibility index (Phi) is 6.73. The van der Waals surface area contributed by atoms with Crippen molar-refractivity contribution in [1.29, 1.82) is 0 Å². The van der Waals surface area contributed by atoms with Crippen LogP contribution in [0.15, 0.2) is 24.3 Å². The SMILES string of the molecule is CC(C)C(O)CCNCc1ccc(OC(F)F)cc1. The van der Waals surface area contributed by atoms with Crippen LogP contribution in [0.3, 0.4) is 0 Å². The lowest BCUT2D eigenvalue weighted by Gasteiger charge is -2.14. The molecule has 0 radical (unpaired) electrons. The van der Waals surface area contributed by atoms with E-state index in [-0.39, 0.29) is 17.8 Å². The zero-order valence-electron chi connectivity index (χ0n) is 11.3. The Morgan fingerprint density at radius 3 is 2.37 bits per heavy atom. The molecular weight excluding hydrogens is 252 g/mol. The largest absolute Gasteiger partial charge is 0.435 e. The molecule has 1 atom stereocenters. The fourth-order valence-electron chi connectivity index (χ4n) is 1.60. The van der Waals surface area contributed by atoms with Crippen LogP contribution < -0.4 is 10.1 Å². The highest BCUT2D eigenvalue weighted by molar-refractivity contribution is 5.27. The van der Waals surface area contributed by atoms with Crippen LogP contribution in [0.4, 0.5) is 8.78 Å². The molecule has 0 heterocycles. The summed E-state index contributed by atoms with van der Waals surface area (Å²) in [5, 5.41) is 12.8. The Hall–Kier alpha value is -1.20. The molecular formula is C14H21F2NO2. The molecule has 1 unspecified atom stereocenters. The summed E-state index contributed by atoms with van der Waals surface area (Å²) in [6.45, 7) is 2.52. The highest BCUT2D eigenvalue weighted by Crippen LogP contribution is 2.14. The van der Waals surface area contributed by atoms with Gasteiger partial charge in [-0.2, -0.15) is 8.78 Å². The molecule has 19 heavy (non-hydrogen) atoms. The standard InChI is InChI=1S/C14H21F2NO2/c1-10(2)13(18)7-8-17-9-11-3-5-12(6-4-11)19-14(15)16/h3-6,10,13-14,17-18H,7-9H2,1-2H3. The molecule has 0 aromatic heterocycles. The van der Waals surface area contributed by atoms with Gasteiger partial charge in [-0.05, 0) is 36.6 Å². The zero-order chi connectivity index (χ0) is 14.3. The van der Waals surface area contributed by atoms with E-state index < -0.39 is 6.61 Å².